The lowest BCUT2D eigenvalue weighted by molar-refractivity contribution is 0.690. The predicted molar refractivity (Wildman–Crippen MR) is 61.3 cm³/mol. The van der Waals surface area contributed by atoms with Gasteiger partial charge in [0.2, 0.25) is 0 Å². The van der Waals surface area contributed by atoms with Gasteiger partial charge in [-0.25, -0.2) is 4.21 Å². The summed E-state index contributed by atoms with van der Waals surface area (Å²) in [5.74, 6) is 0. The van der Waals surface area contributed by atoms with Crippen molar-refractivity contribution in [1.82, 2.24) is 0 Å². The van der Waals surface area contributed by atoms with Crippen LogP contribution in [0.3, 0.4) is 0 Å². The molecule has 1 atom stereocenters. The van der Waals surface area contributed by atoms with Crippen LogP contribution in [0.25, 0.3) is 0 Å². The van der Waals surface area contributed by atoms with Crippen LogP contribution in [0.15, 0.2) is 16.6 Å². The van der Waals surface area contributed by atoms with E-state index in [-0.39, 0.29) is 0 Å². The molecule has 0 spiro atoms. The first-order valence-electron chi connectivity index (χ1n) is 3.87. The normalized spacial score (nSPS) is 12.6. The van der Waals surface area contributed by atoms with Gasteiger partial charge in [-0.05, 0) is 37.1 Å². The number of benzene rings is 1. The molecule has 0 fully saturated rings. The summed E-state index contributed by atoms with van der Waals surface area (Å²) < 4.78 is 14.9. The SMILES string of the molecule is Cc1cc(NS(C)=O)cc(C)c1Br. The maximum atomic E-state index is 10.9. The molecule has 0 aliphatic carbocycles. The van der Waals surface area contributed by atoms with Gasteiger partial charge >= 0.3 is 0 Å². The first-order chi connectivity index (χ1) is 6.00. The molecule has 2 nitrogen and oxygen atoms in total. The quantitative estimate of drug-likeness (QED) is 0.872. The molecule has 0 bridgehead atoms. The Morgan fingerprint density at radius 2 is 1.77 bits per heavy atom. The Balaban J connectivity index is 3.06. The Bertz CT molecular complexity index is 328. The minimum absolute atomic E-state index is 0.902. The molecular weight excluding hydrogens is 250 g/mol. The van der Waals surface area contributed by atoms with Crippen LogP contribution in [0.4, 0.5) is 5.69 Å². The van der Waals surface area contributed by atoms with E-state index < -0.39 is 11.0 Å². The van der Waals surface area contributed by atoms with Gasteiger partial charge in [0.15, 0.2) is 0 Å². The summed E-state index contributed by atoms with van der Waals surface area (Å²) >= 11 is 3.48. The molecule has 1 aromatic carbocycles. The van der Waals surface area contributed by atoms with E-state index in [1.165, 1.54) is 0 Å². The summed E-state index contributed by atoms with van der Waals surface area (Å²) in [6.45, 7) is 4.03. The average Bonchev–Trinajstić information content (AvgIpc) is 1.98. The van der Waals surface area contributed by atoms with Gasteiger partial charge < -0.3 is 4.72 Å². The van der Waals surface area contributed by atoms with E-state index in [0.29, 0.717) is 0 Å². The van der Waals surface area contributed by atoms with Crippen LogP contribution in [0.5, 0.6) is 0 Å². The molecule has 4 heteroatoms. The molecule has 0 saturated carbocycles. The van der Waals surface area contributed by atoms with Crippen LogP contribution in [0.1, 0.15) is 11.1 Å². The Morgan fingerprint density at radius 1 is 1.31 bits per heavy atom. The molecule has 1 rings (SSSR count). The number of hydrogen-bond donors (Lipinski definition) is 1. The molecule has 0 aliphatic heterocycles. The topological polar surface area (TPSA) is 29.1 Å². The Labute approximate surface area is 89.5 Å². The fourth-order valence-corrected chi connectivity index (χ4v) is 1.85. The van der Waals surface area contributed by atoms with Crippen LogP contribution < -0.4 is 4.72 Å². The van der Waals surface area contributed by atoms with Crippen molar-refractivity contribution >= 4 is 32.6 Å². The van der Waals surface area contributed by atoms with Crippen molar-refractivity contribution in [2.45, 2.75) is 13.8 Å². The van der Waals surface area contributed by atoms with Gasteiger partial charge in [0.25, 0.3) is 0 Å². The summed E-state index contributed by atoms with van der Waals surface area (Å²) in [6, 6.07) is 3.94. The van der Waals surface area contributed by atoms with Crippen LogP contribution in [0.2, 0.25) is 0 Å². The summed E-state index contributed by atoms with van der Waals surface area (Å²) in [5, 5.41) is 0. The number of aryl methyl sites for hydroxylation is 2. The lowest BCUT2D eigenvalue weighted by Gasteiger charge is -2.07. The summed E-state index contributed by atoms with van der Waals surface area (Å²) in [7, 11) is -1.01. The molecular formula is C9H12BrNOS. The van der Waals surface area contributed by atoms with E-state index >= 15 is 0 Å². The van der Waals surface area contributed by atoms with Crippen LogP contribution in [0, 0.1) is 13.8 Å². The van der Waals surface area contributed by atoms with Crippen LogP contribution >= 0.6 is 15.9 Å². The van der Waals surface area contributed by atoms with Gasteiger partial charge in [0.1, 0.15) is 11.0 Å². The van der Waals surface area contributed by atoms with Gasteiger partial charge in [-0.2, -0.15) is 0 Å². The summed E-state index contributed by atoms with van der Waals surface area (Å²) in [6.07, 6.45) is 1.62. The second kappa shape index (κ2) is 4.24. The molecule has 1 N–H and O–H groups in total. The number of nitrogens with one attached hydrogen (secondary N) is 1. The minimum atomic E-state index is -1.01. The molecule has 0 aromatic heterocycles. The lowest BCUT2D eigenvalue weighted by Crippen LogP contribution is -2.01. The standard InChI is InChI=1S/C9H12BrNOS/c1-6-4-8(11-13(3)12)5-7(2)9(6)10/h4-5,11H,1-3H3. The van der Waals surface area contributed by atoms with Gasteiger partial charge in [-0.15, -0.1) is 0 Å². The third-order valence-corrected chi connectivity index (χ3v) is 3.47. The molecule has 0 saturated heterocycles. The number of halogens is 1. The maximum Gasteiger partial charge on any atom is 0.113 e. The predicted octanol–water partition coefficient (Wildman–Crippen LogP) is 2.77. The zero-order valence-electron chi connectivity index (χ0n) is 7.85. The number of rotatable bonds is 2. The van der Waals surface area contributed by atoms with Crippen LogP contribution in [-0.2, 0) is 11.0 Å². The largest absolute Gasteiger partial charge is 0.305 e. The third-order valence-electron chi connectivity index (χ3n) is 1.70. The van der Waals surface area contributed by atoms with E-state index in [0.717, 1.165) is 21.3 Å². The van der Waals surface area contributed by atoms with Gasteiger partial charge in [-0.3, -0.25) is 0 Å². The van der Waals surface area contributed by atoms with Crippen molar-refractivity contribution in [2.24, 2.45) is 0 Å². The van der Waals surface area contributed by atoms with E-state index in [9.17, 15) is 4.21 Å². The summed E-state index contributed by atoms with van der Waals surface area (Å²) in [4.78, 5) is 0. The number of hydrogen-bond acceptors (Lipinski definition) is 1. The van der Waals surface area contributed by atoms with E-state index in [1.807, 2.05) is 26.0 Å². The highest BCUT2D eigenvalue weighted by atomic mass is 79.9. The van der Waals surface area contributed by atoms with E-state index in [2.05, 4.69) is 20.7 Å². The molecule has 0 heterocycles. The van der Waals surface area contributed by atoms with Crippen molar-refractivity contribution in [3.63, 3.8) is 0 Å². The zero-order chi connectivity index (χ0) is 10.0. The smallest absolute Gasteiger partial charge is 0.113 e. The molecule has 0 radical (unpaired) electrons. The van der Waals surface area contributed by atoms with Gasteiger partial charge in [0.05, 0.1) is 0 Å². The third kappa shape index (κ3) is 2.81. The van der Waals surface area contributed by atoms with E-state index in [1.54, 1.807) is 6.26 Å². The Kier molecular flexibility index (Phi) is 3.50. The highest BCUT2D eigenvalue weighted by molar-refractivity contribution is 9.10. The Hall–Kier alpha value is -0.350. The minimum Gasteiger partial charge on any atom is -0.305 e. The van der Waals surface area contributed by atoms with Gasteiger partial charge in [-0.1, -0.05) is 15.9 Å². The average molecular weight is 262 g/mol. The fourth-order valence-electron chi connectivity index (χ4n) is 1.17. The van der Waals surface area contributed by atoms with Gasteiger partial charge in [0, 0.05) is 16.4 Å². The van der Waals surface area contributed by atoms with Crippen molar-refractivity contribution in [3.8, 4) is 0 Å². The monoisotopic (exact) mass is 261 g/mol. The lowest BCUT2D eigenvalue weighted by atomic mass is 10.1. The summed E-state index contributed by atoms with van der Waals surface area (Å²) in [5.41, 5.74) is 3.19. The fraction of sp³-hybridized carbons (Fsp3) is 0.333. The first kappa shape index (κ1) is 10.7. The van der Waals surface area contributed by atoms with Crippen molar-refractivity contribution in [1.29, 1.82) is 0 Å². The number of anilines is 1. The molecule has 1 unspecified atom stereocenters. The highest BCUT2D eigenvalue weighted by Crippen LogP contribution is 2.24. The Morgan fingerprint density at radius 3 is 2.15 bits per heavy atom. The highest BCUT2D eigenvalue weighted by Gasteiger charge is 2.02. The van der Waals surface area contributed by atoms with Crippen molar-refractivity contribution in [3.05, 3.63) is 27.7 Å². The molecule has 0 aliphatic rings. The van der Waals surface area contributed by atoms with Crippen molar-refractivity contribution in [2.75, 3.05) is 11.0 Å². The maximum absolute atomic E-state index is 10.9. The molecule has 0 amide bonds. The second-order valence-corrected chi connectivity index (χ2v) is 4.89. The van der Waals surface area contributed by atoms with Crippen LogP contribution in [-0.4, -0.2) is 10.5 Å². The molecule has 1 aromatic rings. The molecule has 13 heavy (non-hydrogen) atoms. The second-order valence-electron chi connectivity index (χ2n) is 2.98. The first-order valence-corrected chi connectivity index (χ1v) is 6.22. The van der Waals surface area contributed by atoms with Crippen molar-refractivity contribution < 1.29 is 4.21 Å². The van der Waals surface area contributed by atoms with E-state index in [4.69, 9.17) is 0 Å². The molecule has 72 valence electrons. The zero-order valence-corrected chi connectivity index (χ0v) is 10.3.